The Kier molecular flexibility index (Phi) is 6.09. The van der Waals surface area contributed by atoms with Gasteiger partial charge in [0.05, 0.1) is 20.9 Å². The molecule has 0 aliphatic carbocycles. The second kappa shape index (κ2) is 8.17. The molecule has 27 heavy (non-hydrogen) atoms. The highest BCUT2D eigenvalue weighted by molar-refractivity contribution is 5.83. The molecule has 0 saturated carbocycles. The smallest absolute Gasteiger partial charge is 0.161 e. The number of alkyl halides is 1. The SMILES string of the molecule is COc1cc2c(cc1OC)[C@@H]1CC(=O)[C@@H](CCC(C)(C)CC[19F])CN1CC2. The Labute approximate surface area is 162 Å². The molecule has 4 nitrogen and oxygen atoms in total. The van der Waals surface area contributed by atoms with E-state index in [-0.39, 0.29) is 24.0 Å². The predicted octanol–water partition coefficient (Wildman–Crippen LogP) is 4.36. The van der Waals surface area contributed by atoms with E-state index >= 15 is 0 Å². The number of hydrogen-bond donors (Lipinski definition) is 0. The summed E-state index contributed by atoms with van der Waals surface area (Å²) in [6, 6.07) is 4.24. The minimum Gasteiger partial charge on any atom is -0.493 e. The van der Waals surface area contributed by atoms with Gasteiger partial charge >= 0.3 is 0 Å². The van der Waals surface area contributed by atoms with Crippen LogP contribution < -0.4 is 9.47 Å². The Balaban J connectivity index is 1.74. The first-order valence-corrected chi connectivity index (χ1v) is 9.96. The van der Waals surface area contributed by atoms with Crippen molar-refractivity contribution < 1.29 is 18.7 Å². The maximum absolute atomic E-state index is 12.9. The molecule has 2 aliphatic heterocycles. The number of fused-ring (bicyclic) bond motifs is 3. The number of nitrogens with zero attached hydrogens (tertiary/aromatic N) is 1. The fourth-order valence-corrected chi connectivity index (χ4v) is 4.48. The van der Waals surface area contributed by atoms with Crippen LogP contribution in [0.3, 0.4) is 0 Å². The average Bonchev–Trinajstić information content (AvgIpc) is 2.65. The van der Waals surface area contributed by atoms with Gasteiger partial charge in [0, 0.05) is 31.5 Å². The molecule has 0 spiro atoms. The Bertz CT molecular complexity index is 688. The first kappa shape index (κ1) is 20.1. The number of ether oxygens (including phenoxy) is 2. The van der Waals surface area contributed by atoms with Crippen LogP contribution in [-0.4, -0.2) is 44.7 Å². The van der Waals surface area contributed by atoms with Crippen LogP contribution in [0.1, 0.15) is 56.7 Å². The summed E-state index contributed by atoms with van der Waals surface area (Å²) in [5.41, 5.74) is 2.41. The van der Waals surface area contributed by atoms with Gasteiger partial charge in [-0.05, 0) is 54.4 Å². The summed E-state index contributed by atoms with van der Waals surface area (Å²) in [5, 5.41) is 0. The van der Waals surface area contributed by atoms with Crippen molar-refractivity contribution in [2.24, 2.45) is 11.3 Å². The van der Waals surface area contributed by atoms with Crippen LogP contribution >= 0.6 is 0 Å². The van der Waals surface area contributed by atoms with Gasteiger partial charge in [-0.2, -0.15) is 0 Å². The van der Waals surface area contributed by atoms with E-state index in [1.54, 1.807) is 14.2 Å². The number of ketones is 1. The highest BCUT2D eigenvalue weighted by Crippen LogP contribution is 2.43. The van der Waals surface area contributed by atoms with Crippen molar-refractivity contribution in [3.05, 3.63) is 23.3 Å². The molecule has 3 rings (SSSR count). The third-order valence-corrected chi connectivity index (χ3v) is 6.36. The molecule has 2 heterocycles. The molecule has 0 unspecified atom stereocenters. The van der Waals surface area contributed by atoms with Gasteiger partial charge in [-0.3, -0.25) is 14.1 Å². The van der Waals surface area contributed by atoms with Gasteiger partial charge in [0.1, 0.15) is 5.78 Å². The van der Waals surface area contributed by atoms with Crippen LogP contribution in [0.15, 0.2) is 12.1 Å². The second-order valence-corrected chi connectivity index (χ2v) is 8.68. The Morgan fingerprint density at radius 1 is 1.19 bits per heavy atom. The molecule has 1 saturated heterocycles. The first-order chi connectivity index (χ1) is 12.9. The zero-order valence-electron chi connectivity index (χ0n) is 17.0. The van der Waals surface area contributed by atoms with E-state index in [1.807, 2.05) is 6.07 Å². The van der Waals surface area contributed by atoms with E-state index in [4.69, 9.17) is 9.47 Å². The lowest BCUT2D eigenvalue weighted by molar-refractivity contribution is -0.129. The lowest BCUT2D eigenvalue weighted by Crippen LogP contribution is -2.46. The summed E-state index contributed by atoms with van der Waals surface area (Å²) < 4.78 is 23.6. The molecule has 0 bridgehead atoms. The molecular formula is C22H32FNO3. The summed E-state index contributed by atoms with van der Waals surface area (Å²) in [7, 11) is 3.30. The molecule has 150 valence electrons. The highest BCUT2D eigenvalue weighted by atomic mass is 19.1. The molecule has 2 aliphatic rings. The van der Waals surface area contributed by atoms with Crippen molar-refractivity contribution in [1.82, 2.24) is 4.90 Å². The Morgan fingerprint density at radius 3 is 2.56 bits per heavy atom. The van der Waals surface area contributed by atoms with Gasteiger partial charge in [-0.1, -0.05) is 13.8 Å². The van der Waals surface area contributed by atoms with Crippen molar-refractivity contribution in [3.63, 3.8) is 0 Å². The van der Waals surface area contributed by atoms with E-state index in [0.717, 1.165) is 43.9 Å². The van der Waals surface area contributed by atoms with Crippen molar-refractivity contribution >= 4 is 5.78 Å². The van der Waals surface area contributed by atoms with Gasteiger partial charge in [-0.15, -0.1) is 0 Å². The molecule has 1 aromatic carbocycles. The van der Waals surface area contributed by atoms with E-state index in [0.29, 0.717) is 18.6 Å². The fourth-order valence-electron chi connectivity index (χ4n) is 4.48. The van der Waals surface area contributed by atoms with Gasteiger partial charge < -0.3 is 9.47 Å². The van der Waals surface area contributed by atoms with Gasteiger partial charge in [-0.25, -0.2) is 0 Å². The summed E-state index contributed by atoms with van der Waals surface area (Å²) in [5.74, 6) is 1.89. The van der Waals surface area contributed by atoms with Gasteiger partial charge in [0.15, 0.2) is 11.5 Å². The highest BCUT2D eigenvalue weighted by Gasteiger charge is 2.38. The third-order valence-electron chi connectivity index (χ3n) is 6.36. The number of benzene rings is 1. The summed E-state index contributed by atoms with van der Waals surface area (Å²) in [6.45, 7) is 5.68. The van der Waals surface area contributed by atoms with Crippen LogP contribution in [0.25, 0.3) is 0 Å². The van der Waals surface area contributed by atoms with Crippen molar-refractivity contribution in [2.45, 2.75) is 52.0 Å². The topological polar surface area (TPSA) is 38.8 Å². The Morgan fingerprint density at radius 2 is 1.89 bits per heavy atom. The summed E-state index contributed by atoms with van der Waals surface area (Å²) in [4.78, 5) is 15.3. The number of piperidine rings is 1. The molecule has 0 radical (unpaired) electrons. The van der Waals surface area contributed by atoms with Gasteiger partial charge in [0.25, 0.3) is 0 Å². The Hall–Kier alpha value is -1.62. The molecule has 1 aromatic rings. The number of carbonyl (C=O) groups excluding carboxylic acids is 1. The molecule has 0 N–H and O–H groups in total. The fraction of sp³-hybridized carbons (Fsp3) is 0.682. The number of carbonyl (C=O) groups is 1. The lowest BCUT2D eigenvalue weighted by atomic mass is 9.77. The number of halogens is 1. The second-order valence-electron chi connectivity index (χ2n) is 8.68. The zero-order chi connectivity index (χ0) is 19.6. The quantitative estimate of drug-likeness (QED) is 0.708. The monoisotopic (exact) mass is 377 g/mol. The molecule has 0 amide bonds. The van der Waals surface area contributed by atoms with Crippen LogP contribution in [-0.2, 0) is 11.2 Å². The van der Waals surface area contributed by atoms with Crippen molar-refractivity contribution in [1.29, 1.82) is 0 Å². The maximum atomic E-state index is 12.9. The minimum atomic E-state index is -0.290. The van der Waals surface area contributed by atoms with E-state index in [9.17, 15) is 9.18 Å². The standard InChI is InChI=1S/C22H32FNO3/c1-22(2,8-9-23)7-5-16-14-24-10-6-15-11-20(26-3)21(27-4)12-17(15)18(24)13-19(16)25/h11-12,16,18H,5-10,13-14H2,1-4H3/t16-,18-/m0/s1/i23+0. The largest absolute Gasteiger partial charge is 0.493 e. The third kappa shape index (κ3) is 4.29. The first-order valence-electron chi connectivity index (χ1n) is 9.96. The van der Waals surface area contributed by atoms with Crippen LogP contribution in [0.5, 0.6) is 11.5 Å². The molecular weight excluding hydrogens is 345 g/mol. The number of rotatable bonds is 7. The van der Waals surface area contributed by atoms with Crippen molar-refractivity contribution in [2.75, 3.05) is 34.0 Å². The molecule has 5 heteroatoms. The molecule has 1 fully saturated rings. The predicted molar refractivity (Wildman–Crippen MR) is 104 cm³/mol. The number of hydrogen-bond acceptors (Lipinski definition) is 4. The average molecular weight is 378 g/mol. The summed E-state index contributed by atoms with van der Waals surface area (Å²) >= 11 is 0. The van der Waals surface area contributed by atoms with Gasteiger partial charge in [0.2, 0.25) is 0 Å². The number of Topliss-reactive ketones (excluding diaryl/α,β-unsaturated/α-hetero) is 1. The normalized spacial score (nSPS) is 22.9. The maximum Gasteiger partial charge on any atom is 0.161 e. The van der Waals surface area contributed by atoms with Crippen LogP contribution in [0, 0.1) is 11.3 Å². The lowest BCUT2D eigenvalue weighted by Gasteiger charge is -2.43. The molecule has 0 aromatic heterocycles. The minimum absolute atomic E-state index is 0.0374. The summed E-state index contributed by atoms with van der Waals surface area (Å²) in [6.07, 6.45) is 3.83. The zero-order valence-corrected chi connectivity index (χ0v) is 17.0. The van der Waals surface area contributed by atoms with E-state index < -0.39 is 0 Å². The molecule has 2 atom stereocenters. The van der Waals surface area contributed by atoms with Crippen molar-refractivity contribution in [3.8, 4) is 11.5 Å². The van der Waals surface area contributed by atoms with E-state index in [1.165, 1.54) is 11.1 Å². The van der Waals surface area contributed by atoms with Crippen LogP contribution in [0.4, 0.5) is 4.39 Å². The van der Waals surface area contributed by atoms with E-state index in [2.05, 4.69) is 24.8 Å². The number of methoxy groups -OCH3 is 2. The van der Waals surface area contributed by atoms with Crippen LogP contribution in [0.2, 0.25) is 0 Å².